The van der Waals surface area contributed by atoms with E-state index in [4.69, 9.17) is 0 Å². The molecule has 0 amide bonds. The highest BCUT2D eigenvalue weighted by Gasteiger charge is 1.98. The lowest BCUT2D eigenvalue weighted by molar-refractivity contribution is 0.336. The molecule has 0 aliphatic rings. The van der Waals surface area contributed by atoms with Gasteiger partial charge in [-0.15, -0.1) is 0 Å². The standard InChI is InChI=1S/C16H31N/c1-6-15(5)11-10-12-16(7-2)13-14-17(8-3)9-4/h11,13H,6-10,12,14H2,1-5H3/b15-11+,16-13+. The summed E-state index contributed by atoms with van der Waals surface area (Å²) in [4.78, 5) is 2.46. The normalized spacial score (nSPS) is 13.5. The Morgan fingerprint density at radius 3 is 2.06 bits per heavy atom. The van der Waals surface area contributed by atoms with Gasteiger partial charge >= 0.3 is 0 Å². The molecule has 0 aromatic rings. The quantitative estimate of drug-likeness (QED) is 0.521. The molecule has 0 rings (SSSR count). The van der Waals surface area contributed by atoms with Crippen LogP contribution in [0.3, 0.4) is 0 Å². The van der Waals surface area contributed by atoms with Crippen molar-refractivity contribution in [2.24, 2.45) is 0 Å². The summed E-state index contributed by atoms with van der Waals surface area (Å²) in [5.41, 5.74) is 3.13. The molecule has 0 spiro atoms. The van der Waals surface area contributed by atoms with Crippen molar-refractivity contribution >= 4 is 0 Å². The van der Waals surface area contributed by atoms with Gasteiger partial charge < -0.3 is 4.90 Å². The fraction of sp³-hybridized carbons (Fsp3) is 0.750. The molecule has 0 fully saturated rings. The highest BCUT2D eigenvalue weighted by atomic mass is 15.1. The molecular weight excluding hydrogens is 206 g/mol. The van der Waals surface area contributed by atoms with Crippen LogP contribution in [0.15, 0.2) is 23.3 Å². The summed E-state index contributed by atoms with van der Waals surface area (Å²) in [5.74, 6) is 0. The molecular formula is C16H31N. The zero-order valence-corrected chi connectivity index (χ0v) is 12.6. The lowest BCUT2D eigenvalue weighted by Gasteiger charge is -2.16. The maximum Gasteiger partial charge on any atom is 0.0165 e. The molecule has 0 N–H and O–H groups in total. The minimum absolute atomic E-state index is 1.12. The average Bonchev–Trinajstić information content (AvgIpc) is 2.37. The van der Waals surface area contributed by atoms with Gasteiger partial charge in [0.2, 0.25) is 0 Å². The van der Waals surface area contributed by atoms with Crippen LogP contribution in [-0.2, 0) is 0 Å². The topological polar surface area (TPSA) is 3.24 Å². The van der Waals surface area contributed by atoms with E-state index < -0.39 is 0 Å². The number of allylic oxidation sites excluding steroid dienone is 3. The van der Waals surface area contributed by atoms with E-state index in [-0.39, 0.29) is 0 Å². The second-order valence-electron chi connectivity index (χ2n) is 4.64. The molecule has 17 heavy (non-hydrogen) atoms. The Hall–Kier alpha value is -0.560. The Balaban J connectivity index is 4.09. The molecule has 0 radical (unpaired) electrons. The fourth-order valence-corrected chi connectivity index (χ4v) is 1.81. The second kappa shape index (κ2) is 10.6. The fourth-order valence-electron chi connectivity index (χ4n) is 1.81. The molecule has 1 nitrogen and oxygen atoms in total. The van der Waals surface area contributed by atoms with Crippen molar-refractivity contribution < 1.29 is 0 Å². The van der Waals surface area contributed by atoms with Gasteiger partial charge in [-0.05, 0) is 45.7 Å². The third kappa shape index (κ3) is 8.20. The van der Waals surface area contributed by atoms with Crippen LogP contribution >= 0.6 is 0 Å². The summed E-state index contributed by atoms with van der Waals surface area (Å²) in [5, 5.41) is 0. The molecule has 0 unspecified atom stereocenters. The van der Waals surface area contributed by atoms with Gasteiger partial charge in [-0.2, -0.15) is 0 Å². The van der Waals surface area contributed by atoms with Gasteiger partial charge in [0.25, 0.3) is 0 Å². The van der Waals surface area contributed by atoms with Crippen LogP contribution in [0.2, 0.25) is 0 Å². The summed E-state index contributed by atoms with van der Waals surface area (Å²) in [6, 6.07) is 0. The number of hydrogen-bond acceptors (Lipinski definition) is 1. The van der Waals surface area contributed by atoms with Gasteiger partial charge in [0.1, 0.15) is 0 Å². The Morgan fingerprint density at radius 1 is 0.941 bits per heavy atom. The van der Waals surface area contributed by atoms with E-state index in [1.807, 2.05) is 0 Å². The van der Waals surface area contributed by atoms with Crippen molar-refractivity contribution in [3.05, 3.63) is 23.3 Å². The molecule has 0 saturated heterocycles. The molecule has 100 valence electrons. The van der Waals surface area contributed by atoms with E-state index in [9.17, 15) is 0 Å². The SMILES string of the molecule is CC/C(C)=C/CC/C(=C/CN(CC)CC)CC. The van der Waals surface area contributed by atoms with Gasteiger partial charge in [-0.25, -0.2) is 0 Å². The van der Waals surface area contributed by atoms with Crippen molar-refractivity contribution in [1.29, 1.82) is 0 Å². The second-order valence-corrected chi connectivity index (χ2v) is 4.64. The van der Waals surface area contributed by atoms with Crippen molar-refractivity contribution in [2.75, 3.05) is 19.6 Å². The van der Waals surface area contributed by atoms with Crippen molar-refractivity contribution in [3.63, 3.8) is 0 Å². The first-order valence-corrected chi connectivity index (χ1v) is 7.23. The van der Waals surface area contributed by atoms with Gasteiger partial charge in [0, 0.05) is 6.54 Å². The van der Waals surface area contributed by atoms with Crippen molar-refractivity contribution in [2.45, 2.75) is 60.3 Å². The maximum atomic E-state index is 2.46. The minimum atomic E-state index is 1.12. The molecule has 1 heteroatoms. The molecule has 0 atom stereocenters. The minimum Gasteiger partial charge on any atom is -0.300 e. The van der Waals surface area contributed by atoms with Crippen LogP contribution in [0.25, 0.3) is 0 Å². The van der Waals surface area contributed by atoms with Gasteiger partial charge in [-0.1, -0.05) is 51.0 Å². The predicted molar refractivity (Wildman–Crippen MR) is 79.4 cm³/mol. The van der Waals surface area contributed by atoms with E-state index >= 15 is 0 Å². The Labute approximate surface area is 109 Å². The average molecular weight is 237 g/mol. The first-order chi connectivity index (χ1) is 8.17. The summed E-state index contributed by atoms with van der Waals surface area (Å²) < 4.78 is 0. The first kappa shape index (κ1) is 16.4. The molecule has 0 aromatic carbocycles. The molecule has 0 saturated carbocycles. The highest BCUT2D eigenvalue weighted by Crippen LogP contribution is 2.12. The number of hydrogen-bond donors (Lipinski definition) is 0. The molecule has 0 bridgehead atoms. The van der Waals surface area contributed by atoms with E-state index in [2.05, 4.69) is 51.7 Å². The van der Waals surface area contributed by atoms with E-state index in [0.717, 1.165) is 19.6 Å². The summed E-state index contributed by atoms with van der Waals surface area (Å²) in [6.45, 7) is 14.6. The third-order valence-corrected chi connectivity index (χ3v) is 3.50. The van der Waals surface area contributed by atoms with E-state index in [0.29, 0.717) is 0 Å². The van der Waals surface area contributed by atoms with Crippen LogP contribution in [0.4, 0.5) is 0 Å². The first-order valence-electron chi connectivity index (χ1n) is 7.23. The smallest absolute Gasteiger partial charge is 0.0165 e. The molecule has 0 aliphatic heterocycles. The Kier molecular flexibility index (Phi) is 10.2. The van der Waals surface area contributed by atoms with Crippen LogP contribution in [0.1, 0.15) is 60.3 Å². The summed E-state index contributed by atoms with van der Waals surface area (Å²) in [6.07, 6.45) is 9.64. The monoisotopic (exact) mass is 237 g/mol. The molecule has 0 aromatic heterocycles. The van der Waals surface area contributed by atoms with Crippen LogP contribution in [0.5, 0.6) is 0 Å². The zero-order chi connectivity index (χ0) is 13.1. The number of rotatable bonds is 9. The molecule has 0 heterocycles. The van der Waals surface area contributed by atoms with Crippen molar-refractivity contribution in [1.82, 2.24) is 4.90 Å². The summed E-state index contributed by atoms with van der Waals surface area (Å²) in [7, 11) is 0. The summed E-state index contributed by atoms with van der Waals surface area (Å²) >= 11 is 0. The highest BCUT2D eigenvalue weighted by molar-refractivity contribution is 5.06. The van der Waals surface area contributed by atoms with Gasteiger partial charge in [-0.3, -0.25) is 0 Å². The Bertz CT molecular complexity index is 234. The molecule has 0 aliphatic carbocycles. The largest absolute Gasteiger partial charge is 0.300 e. The van der Waals surface area contributed by atoms with Crippen LogP contribution < -0.4 is 0 Å². The van der Waals surface area contributed by atoms with Crippen molar-refractivity contribution in [3.8, 4) is 0 Å². The van der Waals surface area contributed by atoms with E-state index in [1.54, 1.807) is 5.57 Å². The number of nitrogens with zero attached hydrogens (tertiary/aromatic N) is 1. The van der Waals surface area contributed by atoms with Crippen LogP contribution in [0, 0.1) is 0 Å². The maximum absolute atomic E-state index is 2.46. The third-order valence-electron chi connectivity index (χ3n) is 3.50. The van der Waals surface area contributed by atoms with E-state index in [1.165, 1.54) is 31.3 Å². The predicted octanol–water partition coefficient (Wildman–Crippen LogP) is 4.80. The number of likely N-dealkylation sites (N-methyl/N-ethyl adjacent to an activating group) is 1. The van der Waals surface area contributed by atoms with Gasteiger partial charge in [0.05, 0.1) is 0 Å². The van der Waals surface area contributed by atoms with Gasteiger partial charge in [0.15, 0.2) is 0 Å². The Morgan fingerprint density at radius 2 is 1.59 bits per heavy atom. The van der Waals surface area contributed by atoms with Crippen LogP contribution in [-0.4, -0.2) is 24.5 Å². The lowest BCUT2D eigenvalue weighted by Crippen LogP contribution is -2.22. The zero-order valence-electron chi connectivity index (χ0n) is 12.6. The lowest BCUT2D eigenvalue weighted by atomic mass is 10.1.